The number of pyridine rings is 3. The van der Waals surface area contributed by atoms with Gasteiger partial charge in [0.2, 0.25) is 0 Å². The van der Waals surface area contributed by atoms with E-state index in [1.165, 1.54) is 0 Å². The van der Waals surface area contributed by atoms with Gasteiger partial charge in [-0.3, -0.25) is 15.0 Å². The number of ether oxygens (including phenoxy) is 4. The average molecular weight is 922 g/mol. The lowest BCUT2D eigenvalue weighted by Crippen LogP contribution is -2.11. The molecule has 0 unspecified atom stereocenters. The summed E-state index contributed by atoms with van der Waals surface area (Å²) in [7, 11) is 0. The van der Waals surface area contributed by atoms with E-state index >= 15 is 0 Å². The Morgan fingerprint density at radius 3 is 0.886 bits per heavy atom. The summed E-state index contributed by atoms with van der Waals surface area (Å²) < 4.78 is 27.5. The Labute approximate surface area is 414 Å². The van der Waals surface area contributed by atoms with Crippen molar-refractivity contribution in [2.75, 3.05) is 26.4 Å². The van der Waals surface area contributed by atoms with Crippen LogP contribution in [-0.4, -0.2) is 41.4 Å². The number of hydrogen-bond donors (Lipinski definition) is 0. The summed E-state index contributed by atoms with van der Waals surface area (Å²) in [6.45, 7) is 15.0. The lowest BCUT2D eigenvalue weighted by Gasteiger charge is -2.24. The predicted octanol–water partition coefficient (Wildman–Crippen LogP) is 12.5. The number of aromatic nitrogens is 3. The van der Waals surface area contributed by atoms with Gasteiger partial charge in [-0.05, 0) is 127 Å². The summed E-state index contributed by atoms with van der Waals surface area (Å²) in [6, 6.07) is 29.1. The molecular weight excluding hydrogens is 863 g/mol. The summed E-state index contributed by atoms with van der Waals surface area (Å²) >= 11 is 0. The van der Waals surface area contributed by atoms with E-state index in [4.69, 9.17) is 18.9 Å². The summed E-state index contributed by atoms with van der Waals surface area (Å²) in [4.78, 5) is 13.0. The highest BCUT2D eigenvalue weighted by Crippen LogP contribution is 2.41. The van der Waals surface area contributed by atoms with E-state index in [-0.39, 0.29) is 0 Å². The van der Waals surface area contributed by atoms with Gasteiger partial charge in [-0.2, -0.15) is 0 Å². The highest BCUT2D eigenvalue weighted by Gasteiger charge is 2.24. The van der Waals surface area contributed by atoms with Crippen molar-refractivity contribution in [1.29, 1.82) is 0 Å². The van der Waals surface area contributed by atoms with Gasteiger partial charge in [-0.1, -0.05) is 75.9 Å². The van der Waals surface area contributed by atoms with Crippen LogP contribution in [-0.2, 0) is 25.7 Å². The van der Waals surface area contributed by atoms with Crippen LogP contribution in [0.4, 0.5) is 0 Å². The van der Waals surface area contributed by atoms with Crippen molar-refractivity contribution < 1.29 is 18.9 Å². The molecule has 0 spiro atoms. The Kier molecular flexibility index (Phi) is 16.8. The van der Waals surface area contributed by atoms with Crippen LogP contribution in [0.3, 0.4) is 0 Å². The van der Waals surface area contributed by atoms with Crippen LogP contribution >= 0.6 is 0 Å². The fraction of sp³-hybridized carbons (Fsp3) is 0.254. The first-order valence-electron chi connectivity index (χ1n) is 24.5. The van der Waals surface area contributed by atoms with E-state index < -0.39 is 0 Å². The zero-order chi connectivity index (χ0) is 48.5. The molecule has 3 heterocycles. The molecule has 7 aromatic rings. The van der Waals surface area contributed by atoms with Crippen molar-refractivity contribution in [3.8, 4) is 58.5 Å². The van der Waals surface area contributed by atoms with Crippen LogP contribution in [0.1, 0.15) is 137 Å². The molecule has 1 aliphatic rings. The molecule has 4 aromatic carbocycles. The van der Waals surface area contributed by atoms with Crippen LogP contribution in [0.25, 0.3) is 6.08 Å². The second-order valence-corrected chi connectivity index (χ2v) is 17.3. The lowest BCUT2D eigenvalue weighted by molar-refractivity contribution is 0.304. The molecule has 8 bridgehead atoms. The zero-order valence-electron chi connectivity index (χ0n) is 40.8. The molecule has 0 aliphatic heterocycles. The fourth-order valence-electron chi connectivity index (χ4n) is 8.55. The van der Waals surface area contributed by atoms with Crippen LogP contribution in [0.5, 0.6) is 23.0 Å². The van der Waals surface area contributed by atoms with Gasteiger partial charge in [0.1, 0.15) is 23.0 Å². The molecule has 0 N–H and O–H groups in total. The topological polar surface area (TPSA) is 75.6 Å². The predicted molar refractivity (Wildman–Crippen MR) is 281 cm³/mol. The molecule has 7 heteroatoms. The standard InChI is InChI=1S/C63H59N3O4/c1-6-26-67-60-52-30-45(10-5)31-53(60)39-55-33-50(21-18-47-15-12-24-65-43-47)35-57(62(55)69-28-8-3)41-59-37-51(22-19-48-16-13-25-66-44-48)36-58(63(59)70-29-9-4)40-56-34-49(20-17-46-14-11-23-64-42-46)32-54(38-52)61(56)68-27-7-2/h10-16,23-25,30-37,42-44H,5-9,26-29,38-41H2,1-4H3. The maximum absolute atomic E-state index is 6.91. The molecule has 7 nitrogen and oxygen atoms in total. The van der Waals surface area contributed by atoms with E-state index in [1.54, 1.807) is 37.2 Å². The third kappa shape index (κ3) is 12.5. The smallest absolute Gasteiger partial charge is 0.126 e. The maximum atomic E-state index is 6.91. The molecule has 3 aromatic heterocycles. The molecule has 0 saturated heterocycles. The molecule has 0 fully saturated rings. The van der Waals surface area contributed by atoms with Gasteiger partial charge in [0.05, 0.1) is 26.4 Å². The SMILES string of the molecule is C=Cc1cc2c(OCCC)c(c1)Cc1cc(C#Cc3cccnc3)cc(c1OCCC)Cc1cc(C#Cc3cccnc3)cc(c1OCCC)Cc1cc(C#Cc3cccnc3)cc(c1OCCC)C2. The van der Waals surface area contributed by atoms with E-state index in [0.717, 1.165) is 132 Å². The highest BCUT2D eigenvalue weighted by atomic mass is 16.5. The van der Waals surface area contributed by atoms with Crippen molar-refractivity contribution in [2.45, 2.75) is 79.1 Å². The van der Waals surface area contributed by atoms with E-state index in [2.05, 4.69) is 133 Å². The quantitative estimate of drug-likeness (QED) is 0.107. The highest BCUT2D eigenvalue weighted by molar-refractivity contribution is 5.64. The number of hydrogen-bond acceptors (Lipinski definition) is 7. The van der Waals surface area contributed by atoms with E-state index in [0.29, 0.717) is 52.1 Å². The van der Waals surface area contributed by atoms with Gasteiger partial charge in [0, 0.05) is 130 Å². The fourth-order valence-corrected chi connectivity index (χ4v) is 8.55. The normalized spacial score (nSPS) is 11.4. The maximum Gasteiger partial charge on any atom is 0.126 e. The third-order valence-electron chi connectivity index (χ3n) is 11.6. The summed E-state index contributed by atoms with van der Waals surface area (Å²) in [5.74, 6) is 24.0. The molecule has 70 heavy (non-hydrogen) atoms. The van der Waals surface area contributed by atoms with E-state index in [1.807, 2.05) is 42.5 Å². The van der Waals surface area contributed by atoms with Crippen molar-refractivity contribution in [3.63, 3.8) is 0 Å². The molecule has 0 radical (unpaired) electrons. The molecule has 350 valence electrons. The minimum Gasteiger partial charge on any atom is -0.493 e. The van der Waals surface area contributed by atoms with Gasteiger partial charge in [0.25, 0.3) is 0 Å². The molecule has 0 saturated carbocycles. The van der Waals surface area contributed by atoms with Crippen LogP contribution < -0.4 is 18.9 Å². The van der Waals surface area contributed by atoms with Crippen molar-refractivity contribution in [3.05, 3.63) is 212 Å². The first kappa shape index (κ1) is 48.4. The number of benzene rings is 4. The molecule has 0 amide bonds. The second-order valence-electron chi connectivity index (χ2n) is 17.3. The van der Waals surface area contributed by atoms with Crippen LogP contribution in [0.2, 0.25) is 0 Å². The monoisotopic (exact) mass is 921 g/mol. The number of rotatable bonds is 13. The van der Waals surface area contributed by atoms with Crippen LogP contribution in [0, 0.1) is 35.5 Å². The number of fused-ring (bicyclic) bond motifs is 8. The Bertz CT molecular complexity index is 2960. The van der Waals surface area contributed by atoms with Gasteiger partial charge in [-0.25, -0.2) is 0 Å². The third-order valence-corrected chi connectivity index (χ3v) is 11.6. The first-order valence-corrected chi connectivity index (χ1v) is 24.5. The van der Waals surface area contributed by atoms with Gasteiger partial charge < -0.3 is 18.9 Å². The Hall–Kier alpha value is -8.05. The summed E-state index contributed by atoms with van der Waals surface area (Å²) in [5, 5.41) is 0. The Morgan fingerprint density at radius 1 is 0.400 bits per heavy atom. The first-order chi connectivity index (χ1) is 34.4. The Morgan fingerprint density at radius 2 is 0.657 bits per heavy atom. The minimum absolute atomic E-state index is 0.487. The second kappa shape index (κ2) is 24.3. The molecular formula is C63H59N3O4. The lowest BCUT2D eigenvalue weighted by atomic mass is 9.88. The average Bonchev–Trinajstić information content (AvgIpc) is 3.38. The largest absolute Gasteiger partial charge is 0.493 e. The molecule has 0 atom stereocenters. The van der Waals surface area contributed by atoms with Gasteiger partial charge in [0.15, 0.2) is 0 Å². The molecule has 1 aliphatic carbocycles. The zero-order valence-corrected chi connectivity index (χ0v) is 40.8. The molecule has 8 rings (SSSR count). The summed E-state index contributed by atoms with van der Waals surface area (Å²) in [6.07, 6.45) is 17.9. The summed E-state index contributed by atoms with van der Waals surface area (Å²) in [5.41, 5.74) is 14.1. The van der Waals surface area contributed by atoms with E-state index in [9.17, 15) is 0 Å². The van der Waals surface area contributed by atoms with Gasteiger partial charge in [-0.15, -0.1) is 0 Å². The van der Waals surface area contributed by atoms with Crippen molar-refractivity contribution in [2.24, 2.45) is 0 Å². The van der Waals surface area contributed by atoms with Crippen LogP contribution in [0.15, 0.2) is 129 Å². The van der Waals surface area contributed by atoms with Crippen molar-refractivity contribution in [1.82, 2.24) is 15.0 Å². The number of nitrogens with zero attached hydrogens (tertiary/aromatic N) is 3. The van der Waals surface area contributed by atoms with Crippen molar-refractivity contribution >= 4 is 6.08 Å². The Balaban J connectivity index is 1.46. The minimum atomic E-state index is 0.487. The van der Waals surface area contributed by atoms with Gasteiger partial charge >= 0.3 is 0 Å².